The molecule has 6 heteroatoms. The summed E-state index contributed by atoms with van der Waals surface area (Å²) in [5.74, 6) is -0.246. The Morgan fingerprint density at radius 1 is 1.26 bits per heavy atom. The fourth-order valence-corrected chi connectivity index (χ4v) is 4.43. The van der Waals surface area contributed by atoms with Gasteiger partial charge in [0.2, 0.25) is 5.91 Å². The Labute approximate surface area is 159 Å². The van der Waals surface area contributed by atoms with E-state index in [9.17, 15) is 9.59 Å². The summed E-state index contributed by atoms with van der Waals surface area (Å²) in [6.45, 7) is 4.24. The zero-order valence-electron chi connectivity index (χ0n) is 16.0. The van der Waals surface area contributed by atoms with Gasteiger partial charge in [-0.1, -0.05) is 6.07 Å². The first-order valence-corrected chi connectivity index (χ1v) is 9.94. The van der Waals surface area contributed by atoms with Gasteiger partial charge in [-0.3, -0.25) is 9.59 Å². The highest BCUT2D eigenvalue weighted by atomic mass is 16.2. The SMILES string of the molecule is CC(C)NC(=O)[C@@H]1C[C@H](N)CN1C(=O)c1ccc2c3c([nH]c2c1)CCCC3. The van der Waals surface area contributed by atoms with Crippen molar-refractivity contribution in [3.05, 3.63) is 35.0 Å². The van der Waals surface area contributed by atoms with Gasteiger partial charge in [0.25, 0.3) is 5.91 Å². The molecule has 1 aromatic carbocycles. The van der Waals surface area contributed by atoms with Gasteiger partial charge in [-0.15, -0.1) is 0 Å². The molecule has 1 aromatic heterocycles. The molecule has 0 bridgehead atoms. The maximum absolute atomic E-state index is 13.2. The lowest BCUT2D eigenvalue weighted by Gasteiger charge is -2.24. The molecule has 1 fully saturated rings. The van der Waals surface area contributed by atoms with Crippen LogP contribution in [0.15, 0.2) is 18.2 Å². The Bertz CT molecular complexity index is 886. The van der Waals surface area contributed by atoms with Crippen LogP contribution in [-0.4, -0.2) is 46.4 Å². The number of carbonyl (C=O) groups is 2. The zero-order chi connectivity index (χ0) is 19.1. The number of hydrogen-bond donors (Lipinski definition) is 3. The topological polar surface area (TPSA) is 91.2 Å². The minimum absolute atomic E-state index is 0.0351. The number of amides is 2. The van der Waals surface area contributed by atoms with Crippen molar-refractivity contribution in [2.24, 2.45) is 5.73 Å². The summed E-state index contributed by atoms with van der Waals surface area (Å²) in [5, 5.41) is 4.13. The van der Waals surface area contributed by atoms with Crippen molar-refractivity contribution in [3.63, 3.8) is 0 Å². The molecule has 2 aromatic rings. The van der Waals surface area contributed by atoms with Gasteiger partial charge in [-0.2, -0.15) is 0 Å². The molecular formula is C21H28N4O2. The Balaban J connectivity index is 1.62. The number of nitrogens with two attached hydrogens (primary N) is 1. The highest BCUT2D eigenvalue weighted by molar-refractivity contribution is 6.01. The Kier molecular flexibility index (Phi) is 4.68. The molecule has 144 valence electrons. The quantitative estimate of drug-likeness (QED) is 0.775. The van der Waals surface area contributed by atoms with Crippen molar-refractivity contribution in [1.29, 1.82) is 0 Å². The van der Waals surface area contributed by atoms with Gasteiger partial charge < -0.3 is 20.9 Å². The van der Waals surface area contributed by atoms with E-state index in [2.05, 4.69) is 10.3 Å². The van der Waals surface area contributed by atoms with Crippen molar-refractivity contribution in [2.75, 3.05) is 6.54 Å². The first-order chi connectivity index (χ1) is 12.9. The molecule has 6 nitrogen and oxygen atoms in total. The first kappa shape index (κ1) is 18.0. The van der Waals surface area contributed by atoms with Crippen LogP contribution in [-0.2, 0) is 17.6 Å². The molecule has 2 heterocycles. The fraction of sp³-hybridized carbons (Fsp3) is 0.524. The maximum Gasteiger partial charge on any atom is 0.254 e. The molecule has 4 rings (SSSR count). The minimum atomic E-state index is -0.498. The number of likely N-dealkylation sites (tertiary alicyclic amines) is 1. The summed E-state index contributed by atoms with van der Waals surface area (Å²) in [6, 6.07) is 5.22. The van der Waals surface area contributed by atoms with E-state index in [0.29, 0.717) is 18.5 Å². The normalized spacial score (nSPS) is 22.3. The molecular weight excluding hydrogens is 340 g/mol. The minimum Gasteiger partial charge on any atom is -0.358 e. The third kappa shape index (κ3) is 3.34. The van der Waals surface area contributed by atoms with Crippen molar-refractivity contribution in [2.45, 2.75) is 64.1 Å². The van der Waals surface area contributed by atoms with Crippen LogP contribution in [0.1, 0.15) is 54.7 Å². The van der Waals surface area contributed by atoms with Crippen LogP contribution in [0.25, 0.3) is 10.9 Å². The van der Waals surface area contributed by atoms with Crippen LogP contribution in [0, 0.1) is 0 Å². The summed E-state index contributed by atoms with van der Waals surface area (Å²) in [4.78, 5) is 30.8. The van der Waals surface area contributed by atoms with Crippen molar-refractivity contribution < 1.29 is 9.59 Å². The highest BCUT2D eigenvalue weighted by Gasteiger charge is 2.38. The second kappa shape index (κ2) is 7.00. The molecule has 27 heavy (non-hydrogen) atoms. The number of fused-ring (bicyclic) bond motifs is 3. The molecule has 4 N–H and O–H groups in total. The summed E-state index contributed by atoms with van der Waals surface area (Å²) >= 11 is 0. The van der Waals surface area contributed by atoms with Gasteiger partial charge in [-0.25, -0.2) is 0 Å². The largest absolute Gasteiger partial charge is 0.358 e. The Morgan fingerprint density at radius 3 is 2.81 bits per heavy atom. The molecule has 0 spiro atoms. The summed E-state index contributed by atoms with van der Waals surface area (Å²) < 4.78 is 0. The van der Waals surface area contributed by atoms with E-state index in [1.165, 1.54) is 29.5 Å². The summed E-state index contributed by atoms with van der Waals surface area (Å²) in [7, 11) is 0. The second-order valence-electron chi connectivity index (χ2n) is 8.18. The van der Waals surface area contributed by atoms with Crippen molar-refractivity contribution in [3.8, 4) is 0 Å². The standard InChI is InChI=1S/C21H28N4O2/c1-12(2)23-20(26)19-10-14(22)11-25(19)21(27)13-7-8-16-15-5-3-4-6-17(15)24-18(16)9-13/h7-9,12,14,19,24H,3-6,10-11,22H2,1-2H3,(H,23,26)/t14-,19-/m0/s1. The lowest BCUT2D eigenvalue weighted by Crippen LogP contribution is -2.47. The number of carbonyl (C=O) groups excluding carboxylic acids is 2. The number of nitrogens with zero attached hydrogens (tertiary/aromatic N) is 1. The third-order valence-corrected chi connectivity index (χ3v) is 5.67. The summed E-state index contributed by atoms with van der Waals surface area (Å²) in [6.07, 6.45) is 5.11. The molecule has 2 atom stereocenters. The second-order valence-corrected chi connectivity index (χ2v) is 8.18. The lowest BCUT2D eigenvalue weighted by atomic mass is 9.95. The predicted molar refractivity (Wildman–Crippen MR) is 106 cm³/mol. The van der Waals surface area contributed by atoms with Crippen LogP contribution in [0.3, 0.4) is 0 Å². The molecule has 1 saturated heterocycles. The average Bonchev–Trinajstić information content (AvgIpc) is 3.20. The van der Waals surface area contributed by atoms with Crippen LogP contribution in [0.2, 0.25) is 0 Å². The van der Waals surface area contributed by atoms with E-state index in [1.54, 1.807) is 4.90 Å². The van der Waals surface area contributed by atoms with Crippen molar-refractivity contribution >= 4 is 22.7 Å². The van der Waals surface area contributed by atoms with E-state index >= 15 is 0 Å². The van der Waals surface area contributed by atoms with E-state index in [1.807, 2.05) is 32.0 Å². The monoisotopic (exact) mass is 368 g/mol. The third-order valence-electron chi connectivity index (χ3n) is 5.67. The number of H-pyrrole nitrogens is 1. The number of aromatic amines is 1. The van der Waals surface area contributed by atoms with Gasteiger partial charge in [0, 0.05) is 40.8 Å². The van der Waals surface area contributed by atoms with Crippen LogP contribution >= 0.6 is 0 Å². The molecule has 1 aliphatic heterocycles. The van der Waals surface area contributed by atoms with Crippen molar-refractivity contribution in [1.82, 2.24) is 15.2 Å². The highest BCUT2D eigenvalue weighted by Crippen LogP contribution is 2.30. The number of nitrogens with one attached hydrogen (secondary N) is 2. The lowest BCUT2D eigenvalue weighted by molar-refractivity contribution is -0.125. The number of hydrogen-bond acceptors (Lipinski definition) is 3. The molecule has 2 amide bonds. The predicted octanol–water partition coefficient (Wildman–Crippen LogP) is 2.11. The first-order valence-electron chi connectivity index (χ1n) is 9.94. The van der Waals surface area contributed by atoms with Gasteiger partial charge >= 0.3 is 0 Å². The molecule has 2 aliphatic rings. The van der Waals surface area contributed by atoms with Gasteiger partial charge in [-0.05, 0) is 63.6 Å². The van der Waals surface area contributed by atoms with Gasteiger partial charge in [0.15, 0.2) is 0 Å². The summed E-state index contributed by atoms with van der Waals surface area (Å²) in [5.41, 5.74) is 10.4. The number of benzene rings is 1. The van der Waals surface area contributed by atoms with E-state index in [4.69, 9.17) is 5.73 Å². The van der Waals surface area contributed by atoms with E-state index in [0.717, 1.165) is 18.4 Å². The van der Waals surface area contributed by atoms with Crippen LogP contribution < -0.4 is 11.1 Å². The van der Waals surface area contributed by atoms with Crippen LogP contribution in [0.5, 0.6) is 0 Å². The Hall–Kier alpha value is -2.34. The molecule has 0 unspecified atom stereocenters. The zero-order valence-corrected chi connectivity index (χ0v) is 16.0. The fourth-order valence-electron chi connectivity index (χ4n) is 4.43. The molecule has 1 aliphatic carbocycles. The van der Waals surface area contributed by atoms with E-state index < -0.39 is 6.04 Å². The smallest absolute Gasteiger partial charge is 0.254 e. The molecule has 0 saturated carbocycles. The maximum atomic E-state index is 13.2. The number of aryl methyl sites for hydroxylation is 2. The number of rotatable bonds is 3. The molecule has 0 radical (unpaired) electrons. The van der Waals surface area contributed by atoms with Gasteiger partial charge in [0.1, 0.15) is 6.04 Å². The van der Waals surface area contributed by atoms with Crippen LogP contribution in [0.4, 0.5) is 0 Å². The Morgan fingerprint density at radius 2 is 2.04 bits per heavy atom. The van der Waals surface area contributed by atoms with Gasteiger partial charge in [0.05, 0.1) is 0 Å². The van der Waals surface area contributed by atoms with E-state index in [-0.39, 0.29) is 23.9 Å². The number of aromatic nitrogens is 1. The average molecular weight is 368 g/mol.